The van der Waals surface area contributed by atoms with Crippen molar-refractivity contribution in [2.75, 3.05) is 0 Å². The molecular weight excluding hydrogens is 303 g/mol. The minimum atomic E-state index is -4.34. The Morgan fingerprint density at radius 3 is 2.48 bits per heavy atom. The standard InChI is InChI=1S/C13H12N2O4S.Na/c16-13-6-5-12(20(17,18)19)7-11(13)9-15-14-8-10-3-1-2-4-10;/h1-10,16H,(H,17,18,19);/q;+1/p-1/b14-8-,15-9-;. The first kappa shape index (κ1) is 17.8. The molecular formula is C13H11N2NaO4S. The van der Waals surface area contributed by atoms with E-state index in [1.54, 1.807) is 6.21 Å². The van der Waals surface area contributed by atoms with E-state index in [9.17, 15) is 13.5 Å². The predicted molar refractivity (Wildman–Crippen MR) is 73.6 cm³/mol. The van der Waals surface area contributed by atoms with Crippen molar-refractivity contribution in [3.63, 3.8) is 0 Å². The zero-order valence-electron chi connectivity index (χ0n) is 11.2. The molecule has 21 heavy (non-hydrogen) atoms. The van der Waals surface area contributed by atoms with E-state index in [-0.39, 0.29) is 45.9 Å². The topological polar surface area (TPSA) is 102 Å². The maximum absolute atomic E-state index is 11.5. The Hall–Kier alpha value is -1.25. The first-order valence-electron chi connectivity index (χ1n) is 5.67. The molecule has 0 aliphatic heterocycles. The van der Waals surface area contributed by atoms with Crippen molar-refractivity contribution in [1.82, 2.24) is 0 Å². The summed E-state index contributed by atoms with van der Waals surface area (Å²) in [5, 5.41) is 19.0. The molecule has 1 N–H and O–H groups in total. The molecule has 0 atom stereocenters. The van der Waals surface area contributed by atoms with Gasteiger partial charge < -0.3 is 5.11 Å². The van der Waals surface area contributed by atoms with Gasteiger partial charge in [-0.3, -0.25) is 4.55 Å². The van der Waals surface area contributed by atoms with Gasteiger partial charge in [0.1, 0.15) is 0 Å². The van der Waals surface area contributed by atoms with Crippen LogP contribution < -0.4 is 34.7 Å². The smallest absolute Gasteiger partial charge is 0.872 e. The summed E-state index contributed by atoms with van der Waals surface area (Å²) in [6, 6.07) is 3.13. The quantitative estimate of drug-likeness (QED) is 0.305. The molecule has 0 spiro atoms. The van der Waals surface area contributed by atoms with Gasteiger partial charge in [0.25, 0.3) is 10.1 Å². The van der Waals surface area contributed by atoms with E-state index in [1.807, 2.05) is 24.3 Å². The molecule has 1 aliphatic carbocycles. The Morgan fingerprint density at radius 2 is 1.86 bits per heavy atom. The Kier molecular flexibility index (Phi) is 6.50. The zero-order chi connectivity index (χ0) is 14.6. The van der Waals surface area contributed by atoms with Gasteiger partial charge in [-0.15, -0.1) is 0 Å². The van der Waals surface area contributed by atoms with Crippen molar-refractivity contribution < 1.29 is 47.6 Å². The van der Waals surface area contributed by atoms with Crippen molar-refractivity contribution in [2.24, 2.45) is 16.1 Å². The van der Waals surface area contributed by atoms with Crippen LogP contribution >= 0.6 is 0 Å². The molecule has 0 radical (unpaired) electrons. The second kappa shape index (κ2) is 7.67. The van der Waals surface area contributed by atoms with Gasteiger partial charge in [0, 0.05) is 12.1 Å². The van der Waals surface area contributed by atoms with E-state index in [1.165, 1.54) is 0 Å². The van der Waals surface area contributed by atoms with Gasteiger partial charge in [-0.25, -0.2) is 0 Å². The summed E-state index contributed by atoms with van der Waals surface area (Å²) < 4.78 is 30.8. The minimum absolute atomic E-state index is 0. The van der Waals surface area contributed by atoms with E-state index in [0.29, 0.717) is 0 Å². The first-order valence-corrected chi connectivity index (χ1v) is 7.11. The van der Waals surface area contributed by atoms with Crippen molar-refractivity contribution >= 4 is 22.5 Å². The fourth-order valence-electron chi connectivity index (χ4n) is 1.55. The second-order valence-electron chi connectivity index (χ2n) is 4.03. The van der Waals surface area contributed by atoms with Crippen LogP contribution in [0.15, 0.2) is 57.6 Å². The molecule has 0 amide bonds. The van der Waals surface area contributed by atoms with Gasteiger partial charge in [-0.2, -0.15) is 18.6 Å². The number of benzene rings is 1. The molecule has 1 aliphatic rings. The number of hydrogen-bond donors (Lipinski definition) is 1. The molecule has 8 heteroatoms. The number of nitrogens with zero attached hydrogens (tertiary/aromatic N) is 2. The van der Waals surface area contributed by atoms with Crippen LogP contribution in [-0.4, -0.2) is 25.4 Å². The van der Waals surface area contributed by atoms with Crippen LogP contribution in [0, 0.1) is 5.92 Å². The first-order chi connectivity index (χ1) is 9.47. The third-order valence-electron chi connectivity index (χ3n) is 2.56. The normalized spacial score (nSPS) is 15.1. The monoisotopic (exact) mass is 314 g/mol. The molecule has 1 aromatic carbocycles. The van der Waals surface area contributed by atoms with E-state index in [2.05, 4.69) is 10.2 Å². The molecule has 2 rings (SSSR count). The van der Waals surface area contributed by atoms with Crippen LogP contribution in [0.5, 0.6) is 5.75 Å². The summed E-state index contributed by atoms with van der Waals surface area (Å²) in [5.41, 5.74) is 0.0368. The van der Waals surface area contributed by atoms with Crippen molar-refractivity contribution in [2.45, 2.75) is 4.90 Å². The largest absolute Gasteiger partial charge is 1.00 e. The van der Waals surface area contributed by atoms with Crippen LogP contribution in [0.1, 0.15) is 5.56 Å². The van der Waals surface area contributed by atoms with Crippen LogP contribution in [0.4, 0.5) is 0 Å². The number of rotatable bonds is 4. The minimum Gasteiger partial charge on any atom is -0.872 e. The number of allylic oxidation sites excluding steroid dienone is 4. The Labute approximate surface area is 144 Å². The molecule has 1 aromatic rings. The Balaban J connectivity index is 0.00000220. The fourth-order valence-corrected chi connectivity index (χ4v) is 2.06. The molecule has 0 saturated carbocycles. The second-order valence-corrected chi connectivity index (χ2v) is 5.45. The predicted octanol–water partition coefficient (Wildman–Crippen LogP) is -1.84. The summed E-state index contributed by atoms with van der Waals surface area (Å²) in [6.45, 7) is 0. The Morgan fingerprint density at radius 1 is 1.19 bits per heavy atom. The van der Waals surface area contributed by atoms with Crippen LogP contribution in [0.3, 0.4) is 0 Å². The van der Waals surface area contributed by atoms with E-state index < -0.39 is 15.9 Å². The Bertz CT molecular complexity index is 712. The van der Waals surface area contributed by atoms with Gasteiger partial charge >= 0.3 is 29.6 Å². The molecule has 0 heterocycles. The van der Waals surface area contributed by atoms with Crippen LogP contribution in [0.2, 0.25) is 0 Å². The molecule has 0 unspecified atom stereocenters. The van der Waals surface area contributed by atoms with Crippen LogP contribution in [0.25, 0.3) is 0 Å². The van der Waals surface area contributed by atoms with Gasteiger partial charge in [-0.1, -0.05) is 36.1 Å². The molecule has 6 nitrogen and oxygen atoms in total. The average molecular weight is 314 g/mol. The van der Waals surface area contributed by atoms with Gasteiger partial charge in [0.05, 0.1) is 11.1 Å². The third kappa shape index (κ3) is 5.22. The SMILES string of the molecule is O=S(=O)(O)c1ccc([O-])c(/C=N\N=C/C2C=CC=C2)c1.[Na+]. The third-order valence-corrected chi connectivity index (χ3v) is 3.41. The van der Waals surface area contributed by atoms with E-state index in [0.717, 1.165) is 24.4 Å². The summed E-state index contributed by atoms with van der Waals surface area (Å²) in [5.74, 6) is -0.333. The molecule has 0 saturated heterocycles. The summed E-state index contributed by atoms with van der Waals surface area (Å²) in [6.07, 6.45) is 10.3. The van der Waals surface area contributed by atoms with Crippen molar-refractivity contribution in [3.05, 3.63) is 48.1 Å². The zero-order valence-corrected chi connectivity index (χ0v) is 14.1. The average Bonchev–Trinajstić information content (AvgIpc) is 2.88. The summed E-state index contributed by atoms with van der Waals surface area (Å²) >= 11 is 0. The maximum atomic E-state index is 11.5. The number of hydrogen-bond acceptors (Lipinski definition) is 5. The summed E-state index contributed by atoms with van der Waals surface area (Å²) in [4.78, 5) is -0.357. The molecule has 0 fully saturated rings. The fraction of sp³-hybridized carbons (Fsp3) is 0.0769. The van der Waals surface area contributed by atoms with Crippen molar-refractivity contribution in [3.8, 4) is 5.75 Å². The molecule has 104 valence electrons. The van der Waals surface area contributed by atoms with Gasteiger partial charge in [0.15, 0.2) is 0 Å². The molecule has 0 aromatic heterocycles. The van der Waals surface area contributed by atoms with Gasteiger partial charge in [0.2, 0.25) is 0 Å². The van der Waals surface area contributed by atoms with E-state index in [4.69, 9.17) is 4.55 Å². The molecule has 0 bridgehead atoms. The van der Waals surface area contributed by atoms with Crippen LogP contribution in [-0.2, 0) is 10.1 Å². The van der Waals surface area contributed by atoms with Gasteiger partial charge in [-0.05, 0) is 17.7 Å². The summed E-state index contributed by atoms with van der Waals surface area (Å²) in [7, 11) is -4.34. The maximum Gasteiger partial charge on any atom is 1.00 e. The van der Waals surface area contributed by atoms with Crippen molar-refractivity contribution in [1.29, 1.82) is 0 Å². The van der Waals surface area contributed by atoms with E-state index >= 15 is 0 Å².